The summed E-state index contributed by atoms with van der Waals surface area (Å²) in [6.45, 7) is 5.56. The normalized spacial score (nSPS) is 20.0. The maximum atomic E-state index is 12.9. The van der Waals surface area contributed by atoms with E-state index in [9.17, 15) is 16.8 Å². The molecule has 0 spiro atoms. The Hall–Kier alpha value is 0.120. The number of halogens is 1. The molecule has 1 aromatic rings. The fourth-order valence-electron chi connectivity index (χ4n) is 2.62. The van der Waals surface area contributed by atoms with Gasteiger partial charge in [-0.1, -0.05) is 13.8 Å². The van der Waals surface area contributed by atoms with Crippen molar-refractivity contribution in [3.8, 4) is 0 Å². The minimum Gasteiger partial charge on any atom is -0.309 e. The lowest BCUT2D eigenvalue weighted by Crippen LogP contribution is -2.44. The lowest BCUT2D eigenvalue weighted by atomic mass is 10.1. The number of primary sulfonamides is 1. The van der Waals surface area contributed by atoms with E-state index in [0.29, 0.717) is 31.1 Å². The number of hydrogen-bond acceptors (Lipinski definition) is 7. The van der Waals surface area contributed by atoms with Crippen LogP contribution in [0.3, 0.4) is 0 Å². The van der Waals surface area contributed by atoms with Crippen LogP contribution in [0.4, 0.5) is 0 Å². The summed E-state index contributed by atoms with van der Waals surface area (Å²) < 4.78 is 50.6. The molecule has 0 fully saturated rings. The van der Waals surface area contributed by atoms with Crippen LogP contribution < -0.4 is 10.5 Å². The van der Waals surface area contributed by atoms with Crippen molar-refractivity contribution in [3.05, 3.63) is 11.6 Å². The number of rotatable bonds is 8. The number of thiophene rings is 1. The molecule has 1 aromatic heterocycles. The Bertz CT molecular complexity index is 808. The van der Waals surface area contributed by atoms with Crippen LogP contribution >= 0.6 is 35.5 Å². The molecule has 3 N–H and O–H groups in total. The molecule has 12 heteroatoms. The Kier molecular flexibility index (Phi) is 8.87. The van der Waals surface area contributed by atoms with Gasteiger partial charge in [-0.3, -0.25) is 0 Å². The Morgan fingerprint density at radius 2 is 2.12 bits per heavy atom. The molecule has 7 nitrogen and oxygen atoms in total. The Labute approximate surface area is 170 Å². The molecule has 0 saturated heterocycles. The second-order valence-corrected chi connectivity index (χ2v) is 12.4. The third-order valence-electron chi connectivity index (χ3n) is 3.85. The van der Waals surface area contributed by atoms with Crippen molar-refractivity contribution in [2.75, 3.05) is 31.6 Å². The van der Waals surface area contributed by atoms with Crippen molar-refractivity contribution in [1.29, 1.82) is 0 Å². The first-order chi connectivity index (χ1) is 11.6. The first-order valence-electron chi connectivity index (χ1n) is 7.96. The number of fused-ring (bicyclic) bond motifs is 1. The molecule has 1 aliphatic heterocycles. The molecule has 0 saturated carbocycles. The average molecular weight is 464 g/mol. The highest BCUT2D eigenvalue weighted by molar-refractivity contribution is 7.98. The fourth-order valence-corrected chi connectivity index (χ4v) is 7.34. The molecule has 152 valence electrons. The van der Waals surface area contributed by atoms with Crippen LogP contribution in [0.15, 0.2) is 14.5 Å². The van der Waals surface area contributed by atoms with Crippen molar-refractivity contribution in [1.82, 2.24) is 9.62 Å². The predicted octanol–water partition coefficient (Wildman–Crippen LogP) is 1.86. The van der Waals surface area contributed by atoms with Crippen molar-refractivity contribution in [3.63, 3.8) is 0 Å². The molecule has 0 aliphatic carbocycles. The number of sulfonamides is 2. The average Bonchev–Trinajstić information content (AvgIpc) is 2.95. The third kappa shape index (κ3) is 5.57. The molecule has 1 atom stereocenters. The number of nitrogens with two attached hydrogens (primary N) is 1. The van der Waals surface area contributed by atoms with E-state index in [1.165, 1.54) is 10.4 Å². The second kappa shape index (κ2) is 9.55. The second-order valence-electron chi connectivity index (χ2n) is 6.42. The topological polar surface area (TPSA) is 110 Å². The third-order valence-corrected chi connectivity index (χ3v) is 9.51. The number of thioether (sulfide) groups is 1. The summed E-state index contributed by atoms with van der Waals surface area (Å²) in [5.74, 6) is 1.26. The summed E-state index contributed by atoms with van der Waals surface area (Å²) >= 11 is 2.41. The largest absolute Gasteiger partial charge is 0.309 e. The van der Waals surface area contributed by atoms with E-state index in [2.05, 4.69) is 19.2 Å². The fraction of sp³-hybridized carbons (Fsp3) is 0.714. The van der Waals surface area contributed by atoms with Crippen LogP contribution in [0.5, 0.6) is 0 Å². The zero-order valence-electron chi connectivity index (χ0n) is 15.0. The SMILES string of the molecule is CSCCCN1CC(NCC(C)C)c2cc(S(N)(=O)=O)sc2S1(=O)=O.Cl. The van der Waals surface area contributed by atoms with Crippen LogP contribution in [-0.4, -0.2) is 52.8 Å². The predicted molar refractivity (Wildman–Crippen MR) is 110 cm³/mol. The standard InChI is InChI=1S/C14H25N3O4S4.ClH/c1-10(2)8-16-12-9-17(5-4-6-22-3)25(20,21)14-11(12)7-13(23-14)24(15,18)19;/h7,10,12,16H,4-6,8-9H2,1-3H3,(H2,15,18,19);1H. The minimum atomic E-state index is -3.94. The van der Waals surface area contributed by atoms with Gasteiger partial charge in [0.2, 0.25) is 10.0 Å². The summed E-state index contributed by atoms with van der Waals surface area (Å²) in [6, 6.07) is 1.17. The molecule has 2 heterocycles. The minimum absolute atomic E-state index is 0. The Balaban J connectivity index is 0.00000338. The highest BCUT2D eigenvalue weighted by Gasteiger charge is 2.39. The lowest BCUT2D eigenvalue weighted by molar-refractivity contribution is 0.334. The van der Waals surface area contributed by atoms with Gasteiger partial charge in [0.15, 0.2) is 0 Å². The molecule has 1 aliphatic rings. The van der Waals surface area contributed by atoms with Crippen LogP contribution in [0.1, 0.15) is 31.9 Å². The molecule has 0 bridgehead atoms. The van der Waals surface area contributed by atoms with Crippen molar-refractivity contribution < 1.29 is 16.8 Å². The van der Waals surface area contributed by atoms with Gasteiger partial charge in [0.05, 0.1) is 0 Å². The molecular weight excluding hydrogens is 438 g/mol. The number of nitrogens with one attached hydrogen (secondary N) is 1. The molecule has 26 heavy (non-hydrogen) atoms. The van der Waals surface area contributed by atoms with Crippen LogP contribution in [0, 0.1) is 5.92 Å². The van der Waals surface area contributed by atoms with E-state index in [0.717, 1.165) is 23.5 Å². The van der Waals surface area contributed by atoms with Crippen molar-refractivity contribution in [2.24, 2.45) is 11.1 Å². The van der Waals surface area contributed by atoms with Crippen LogP contribution in [0.2, 0.25) is 0 Å². The zero-order valence-corrected chi connectivity index (χ0v) is 19.0. The van der Waals surface area contributed by atoms with Gasteiger partial charge < -0.3 is 5.32 Å². The summed E-state index contributed by atoms with van der Waals surface area (Å²) in [7, 11) is -7.63. The molecule has 0 amide bonds. The van der Waals surface area contributed by atoms with Gasteiger partial charge >= 0.3 is 0 Å². The number of hydrogen-bond donors (Lipinski definition) is 2. The van der Waals surface area contributed by atoms with Gasteiger partial charge in [-0.25, -0.2) is 22.0 Å². The Morgan fingerprint density at radius 3 is 2.65 bits per heavy atom. The maximum Gasteiger partial charge on any atom is 0.252 e. The van der Waals surface area contributed by atoms with Crippen LogP contribution in [0.25, 0.3) is 0 Å². The highest BCUT2D eigenvalue weighted by atomic mass is 35.5. The summed E-state index contributed by atoms with van der Waals surface area (Å²) in [6.07, 6.45) is 2.73. The van der Waals surface area contributed by atoms with Gasteiger partial charge in [0.1, 0.15) is 8.42 Å². The molecule has 0 radical (unpaired) electrons. The molecule has 2 rings (SSSR count). The Morgan fingerprint density at radius 1 is 1.46 bits per heavy atom. The van der Waals surface area contributed by atoms with E-state index in [-0.39, 0.29) is 26.9 Å². The molecule has 0 aromatic carbocycles. The maximum absolute atomic E-state index is 12.9. The monoisotopic (exact) mass is 463 g/mol. The summed E-state index contributed by atoms with van der Waals surface area (Å²) in [4.78, 5) is 0. The van der Waals surface area contributed by atoms with Gasteiger partial charge in [-0.05, 0) is 37.0 Å². The first kappa shape index (κ1) is 24.2. The quantitative estimate of drug-likeness (QED) is 0.569. The van der Waals surface area contributed by atoms with E-state index in [1.54, 1.807) is 11.8 Å². The van der Waals surface area contributed by atoms with E-state index in [1.807, 2.05) is 6.26 Å². The number of nitrogens with zero attached hydrogens (tertiary/aromatic N) is 1. The first-order valence-corrected chi connectivity index (χ1v) is 13.2. The van der Waals surface area contributed by atoms with Gasteiger partial charge in [0.25, 0.3) is 10.0 Å². The zero-order chi connectivity index (χ0) is 18.8. The summed E-state index contributed by atoms with van der Waals surface area (Å²) in [5, 5.41) is 8.57. The van der Waals surface area contributed by atoms with E-state index >= 15 is 0 Å². The van der Waals surface area contributed by atoms with Crippen molar-refractivity contribution >= 4 is 55.6 Å². The van der Waals surface area contributed by atoms with Gasteiger partial charge in [0, 0.05) is 24.7 Å². The summed E-state index contributed by atoms with van der Waals surface area (Å²) in [5.41, 5.74) is 0.510. The highest BCUT2D eigenvalue weighted by Crippen LogP contribution is 2.40. The van der Waals surface area contributed by atoms with Crippen molar-refractivity contribution in [2.45, 2.75) is 34.7 Å². The molecular formula is C14H26ClN3O4S4. The van der Waals surface area contributed by atoms with Gasteiger partial charge in [-0.2, -0.15) is 16.1 Å². The van der Waals surface area contributed by atoms with Gasteiger partial charge in [-0.15, -0.1) is 23.7 Å². The molecule has 1 unspecified atom stereocenters. The van der Waals surface area contributed by atoms with Crippen LogP contribution in [-0.2, 0) is 20.0 Å². The lowest BCUT2D eigenvalue weighted by Gasteiger charge is -2.33. The van der Waals surface area contributed by atoms with E-state index < -0.39 is 20.0 Å². The smallest absolute Gasteiger partial charge is 0.252 e. The van der Waals surface area contributed by atoms with E-state index in [4.69, 9.17) is 5.14 Å².